The van der Waals surface area contributed by atoms with E-state index in [2.05, 4.69) is 19.2 Å². The van der Waals surface area contributed by atoms with Gasteiger partial charge in [-0.25, -0.2) is 4.79 Å². The Balaban J connectivity index is 2.40. The predicted octanol–water partition coefficient (Wildman–Crippen LogP) is 1.56. The smallest absolute Gasteiger partial charge is 0.317 e. The molecule has 1 heterocycles. The van der Waals surface area contributed by atoms with Crippen molar-refractivity contribution in [1.29, 1.82) is 0 Å². The molecule has 2 amide bonds. The Bertz CT molecular complexity index is 212. The summed E-state index contributed by atoms with van der Waals surface area (Å²) in [5.74, 6) is 0.442. The lowest BCUT2D eigenvalue weighted by molar-refractivity contribution is 0.178. The van der Waals surface area contributed by atoms with Gasteiger partial charge in [0.1, 0.15) is 0 Å². The van der Waals surface area contributed by atoms with Crippen LogP contribution < -0.4 is 11.1 Å². The number of hydrogen-bond acceptors (Lipinski definition) is 2. The van der Waals surface area contributed by atoms with Gasteiger partial charge in [0.2, 0.25) is 0 Å². The zero-order valence-corrected chi connectivity index (χ0v) is 10.5. The average Bonchev–Trinajstić information content (AvgIpc) is 2.29. The van der Waals surface area contributed by atoms with Crippen molar-refractivity contribution in [1.82, 2.24) is 10.2 Å². The van der Waals surface area contributed by atoms with Gasteiger partial charge in [0, 0.05) is 19.1 Å². The summed E-state index contributed by atoms with van der Waals surface area (Å²) >= 11 is 0. The molecule has 1 unspecified atom stereocenters. The topological polar surface area (TPSA) is 58.4 Å². The van der Waals surface area contributed by atoms with Gasteiger partial charge < -0.3 is 16.0 Å². The monoisotopic (exact) mass is 227 g/mol. The summed E-state index contributed by atoms with van der Waals surface area (Å²) in [6.45, 7) is 6.68. The number of carbonyl (C=O) groups is 1. The summed E-state index contributed by atoms with van der Waals surface area (Å²) in [5.41, 5.74) is 5.56. The van der Waals surface area contributed by atoms with E-state index in [1.807, 2.05) is 4.90 Å². The number of carbonyl (C=O) groups excluding carboxylic acids is 1. The van der Waals surface area contributed by atoms with Crippen LogP contribution in [0.3, 0.4) is 0 Å². The molecule has 1 fully saturated rings. The highest BCUT2D eigenvalue weighted by Gasteiger charge is 2.20. The standard InChI is InChI=1S/C12H25N3O/c1-10(2)11(6-7-13)14-12(16)15-8-4-3-5-9-15/h10-11H,3-9,13H2,1-2H3,(H,14,16). The highest BCUT2D eigenvalue weighted by molar-refractivity contribution is 5.74. The van der Waals surface area contributed by atoms with E-state index < -0.39 is 0 Å². The average molecular weight is 227 g/mol. The van der Waals surface area contributed by atoms with Crippen molar-refractivity contribution in [2.45, 2.75) is 45.6 Å². The minimum Gasteiger partial charge on any atom is -0.335 e. The molecule has 0 aromatic carbocycles. The van der Waals surface area contributed by atoms with Crippen LogP contribution in [0.15, 0.2) is 0 Å². The molecule has 16 heavy (non-hydrogen) atoms. The van der Waals surface area contributed by atoms with E-state index in [4.69, 9.17) is 5.73 Å². The van der Waals surface area contributed by atoms with Crippen LogP contribution in [0.25, 0.3) is 0 Å². The molecule has 0 radical (unpaired) electrons. The molecule has 4 heteroatoms. The normalized spacial score (nSPS) is 18.6. The molecule has 4 nitrogen and oxygen atoms in total. The minimum atomic E-state index is 0.0897. The van der Waals surface area contributed by atoms with E-state index >= 15 is 0 Å². The molecule has 1 aliphatic heterocycles. The molecule has 0 bridgehead atoms. The van der Waals surface area contributed by atoms with Gasteiger partial charge in [-0.2, -0.15) is 0 Å². The lowest BCUT2D eigenvalue weighted by atomic mass is 10.0. The number of urea groups is 1. The second-order valence-electron chi connectivity index (χ2n) is 4.93. The fourth-order valence-electron chi connectivity index (χ4n) is 2.10. The molecule has 1 aliphatic rings. The van der Waals surface area contributed by atoms with E-state index in [0.29, 0.717) is 12.5 Å². The van der Waals surface area contributed by atoms with Gasteiger partial charge in [0.25, 0.3) is 0 Å². The lowest BCUT2D eigenvalue weighted by Crippen LogP contribution is -2.48. The van der Waals surface area contributed by atoms with Crippen molar-refractivity contribution in [2.24, 2.45) is 11.7 Å². The largest absolute Gasteiger partial charge is 0.335 e. The van der Waals surface area contributed by atoms with Gasteiger partial charge in [-0.15, -0.1) is 0 Å². The maximum atomic E-state index is 12.0. The summed E-state index contributed by atoms with van der Waals surface area (Å²) in [4.78, 5) is 13.9. The van der Waals surface area contributed by atoms with Crippen LogP contribution in [0, 0.1) is 5.92 Å². The summed E-state index contributed by atoms with van der Waals surface area (Å²) in [6.07, 6.45) is 4.38. The Kier molecular flexibility index (Phi) is 5.60. The van der Waals surface area contributed by atoms with Gasteiger partial charge in [-0.3, -0.25) is 0 Å². The number of hydrogen-bond donors (Lipinski definition) is 2. The van der Waals surface area contributed by atoms with Gasteiger partial charge >= 0.3 is 6.03 Å². The molecular weight excluding hydrogens is 202 g/mol. The second kappa shape index (κ2) is 6.74. The zero-order chi connectivity index (χ0) is 12.0. The van der Waals surface area contributed by atoms with Crippen molar-refractivity contribution in [2.75, 3.05) is 19.6 Å². The van der Waals surface area contributed by atoms with E-state index in [9.17, 15) is 4.79 Å². The minimum absolute atomic E-state index is 0.0897. The SMILES string of the molecule is CC(C)C(CCN)NC(=O)N1CCCCC1. The molecule has 1 saturated heterocycles. The van der Waals surface area contributed by atoms with Crippen molar-refractivity contribution in [3.8, 4) is 0 Å². The predicted molar refractivity (Wildman–Crippen MR) is 66.3 cm³/mol. The third-order valence-corrected chi connectivity index (χ3v) is 3.23. The zero-order valence-electron chi connectivity index (χ0n) is 10.5. The number of piperidine rings is 1. The van der Waals surface area contributed by atoms with Gasteiger partial charge in [0.05, 0.1) is 0 Å². The number of nitrogens with zero attached hydrogens (tertiary/aromatic N) is 1. The maximum absolute atomic E-state index is 12.0. The molecule has 0 aromatic rings. The Labute approximate surface area is 98.6 Å². The first-order valence-electron chi connectivity index (χ1n) is 6.40. The van der Waals surface area contributed by atoms with Crippen LogP contribution in [0.1, 0.15) is 39.5 Å². The van der Waals surface area contributed by atoms with Crippen LogP contribution in [0.4, 0.5) is 4.79 Å². The first kappa shape index (κ1) is 13.3. The van der Waals surface area contributed by atoms with Crippen LogP contribution in [-0.4, -0.2) is 36.6 Å². The molecule has 3 N–H and O–H groups in total. The number of nitrogens with one attached hydrogen (secondary N) is 1. The van der Waals surface area contributed by atoms with Crippen LogP contribution in [0.2, 0.25) is 0 Å². The van der Waals surface area contributed by atoms with Gasteiger partial charge in [0.15, 0.2) is 0 Å². The Morgan fingerprint density at radius 1 is 1.31 bits per heavy atom. The van der Waals surface area contributed by atoms with E-state index in [1.54, 1.807) is 0 Å². The Morgan fingerprint density at radius 3 is 2.44 bits per heavy atom. The maximum Gasteiger partial charge on any atom is 0.317 e. The van der Waals surface area contributed by atoms with Gasteiger partial charge in [-0.05, 0) is 38.1 Å². The molecule has 0 spiro atoms. The van der Waals surface area contributed by atoms with Crippen molar-refractivity contribution in [3.05, 3.63) is 0 Å². The van der Waals surface area contributed by atoms with Gasteiger partial charge in [-0.1, -0.05) is 13.8 Å². The summed E-state index contributed by atoms with van der Waals surface area (Å²) in [7, 11) is 0. The van der Waals surface area contributed by atoms with E-state index in [0.717, 1.165) is 32.4 Å². The van der Waals surface area contributed by atoms with Crippen LogP contribution in [-0.2, 0) is 0 Å². The van der Waals surface area contributed by atoms with Crippen LogP contribution >= 0.6 is 0 Å². The number of rotatable bonds is 4. The van der Waals surface area contributed by atoms with E-state index in [1.165, 1.54) is 6.42 Å². The fourth-order valence-corrected chi connectivity index (χ4v) is 2.10. The molecular formula is C12H25N3O. The number of nitrogens with two attached hydrogens (primary N) is 1. The molecule has 0 aromatic heterocycles. The first-order chi connectivity index (χ1) is 7.65. The Morgan fingerprint density at radius 2 is 1.94 bits per heavy atom. The molecule has 1 rings (SSSR count). The van der Waals surface area contributed by atoms with Crippen LogP contribution in [0.5, 0.6) is 0 Å². The molecule has 94 valence electrons. The van der Waals surface area contributed by atoms with Crippen molar-refractivity contribution >= 4 is 6.03 Å². The third kappa shape index (κ3) is 4.00. The van der Waals surface area contributed by atoms with Crippen molar-refractivity contribution < 1.29 is 4.79 Å². The summed E-state index contributed by atoms with van der Waals surface area (Å²) in [6, 6.07) is 0.297. The lowest BCUT2D eigenvalue weighted by Gasteiger charge is -2.30. The fraction of sp³-hybridized carbons (Fsp3) is 0.917. The second-order valence-corrected chi connectivity index (χ2v) is 4.93. The Hall–Kier alpha value is -0.770. The summed E-state index contributed by atoms with van der Waals surface area (Å²) in [5, 5.41) is 3.09. The molecule has 1 atom stereocenters. The number of amides is 2. The quantitative estimate of drug-likeness (QED) is 0.765. The molecule has 0 saturated carbocycles. The summed E-state index contributed by atoms with van der Waals surface area (Å²) < 4.78 is 0. The highest BCUT2D eigenvalue weighted by atomic mass is 16.2. The third-order valence-electron chi connectivity index (χ3n) is 3.23. The first-order valence-corrected chi connectivity index (χ1v) is 6.40. The number of likely N-dealkylation sites (tertiary alicyclic amines) is 1. The highest BCUT2D eigenvalue weighted by Crippen LogP contribution is 2.10. The molecule has 0 aliphatic carbocycles. The van der Waals surface area contributed by atoms with E-state index in [-0.39, 0.29) is 12.1 Å². The van der Waals surface area contributed by atoms with Crippen molar-refractivity contribution in [3.63, 3.8) is 0 Å².